The van der Waals surface area contributed by atoms with Gasteiger partial charge in [0.1, 0.15) is 0 Å². The van der Waals surface area contributed by atoms with E-state index < -0.39 is 21.8 Å². The molecule has 0 aromatic heterocycles. The summed E-state index contributed by atoms with van der Waals surface area (Å²) in [5.41, 5.74) is 0.270. The van der Waals surface area contributed by atoms with Gasteiger partial charge in [-0.15, -0.1) is 0 Å². The molecule has 0 spiro atoms. The zero-order valence-electron chi connectivity index (χ0n) is 15.0. The Kier molecular flexibility index (Phi) is 6.39. The topological polar surface area (TPSA) is 58.6 Å². The molecule has 9 heteroatoms. The largest absolute Gasteiger partial charge is 0.416 e. The predicted molar refractivity (Wildman–Crippen MR) is 98.1 cm³/mol. The summed E-state index contributed by atoms with van der Waals surface area (Å²) in [7, 11) is -3.91. The fraction of sp³-hybridized carbons (Fsp3) is 0.368. The summed E-state index contributed by atoms with van der Waals surface area (Å²) in [6.45, 7) is 2.59. The van der Waals surface area contributed by atoms with Gasteiger partial charge in [-0.25, -0.2) is 13.1 Å². The summed E-state index contributed by atoms with van der Waals surface area (Å²) < 4.78 is 70.6. The van der Waals surface area contributed by atoms with Crippen LogP contribution in [0.3, 0.4) is 0 Å². The van der Waals surface area contributed by atoms with E-state index in [1.54, 1.807) is 0 Å². The van der Waals surface area contributed by atoms with Crippen molar-refractivity contribution < 1.29 is 26.3 Å². The van der Waals surface area contributed by atoms with Crippen LogP contribution in [0.4, 0.5) is 13.2 Å². The number of halogens is 3. The van der Waals surface area contributed by atoms with E-state index in [0.717, 1.165) is 42.9 Å². The monoisotopic (exact) mass is 414 g/mol. The van der Waals surface area contributed by atoms with Crippen LogP contribution >= 0.6 is 0 Å². The highest BCUT2D eigenvalue weighted by Gasteiger charge is 2.31. The Bertz CT molecular complexity index is 872. The second kappa shape index (κ2) is 8.60. The fourth-order valence-electron chi connectivity index (χ4n) is 3.00. The van der Waals surface area contributed by atoms with Gasteiger partial charge in [0.05, 0.1) is 23.2 Å². The smallest absolute Gasteiger partial charge is 0.374 e. The lowest BCUT2D eigenvalue weighted by Crippen LogP contribution is -2.47. The van der Waals surface area contributed by atoms with E-state index in [9.17, 15) is 21.6 Å². The zero-order chi connectivity index (χ0) is 20.2. The standard InChI is InChI=1S/C19H21F3N2O3S/c20-19(21,22)16-6-8-18(9-7-16)28(25,26)23-12-17-14-24(10-11-27-17)13-15-4-2-1-3-5-15/h1-9,17,23H,10-14H2. The van der Waals surface area contributed by atoms with Gasteiger partial charge in [0.2, 0.25) is 10.0 Å². The summed E-state index contributed by atoms with van der Waals surface area (Å²) >= 11 is 0. The number of benzene rings is 2. The molecule has 1 N–H and O–H groups in total. The number of hydrogen-bond donors (Lipinski definition) is 1. The van der Waals surface area contributed by atoms with Crippen molar-refractivity contribution in [3.63, 3.8) is 0 Å². The first-order valence-electron chi connectivity index (χ1n) is 8.79. The predicted octanol–water partition coefficient (Wildman–Crippen LogP) is 2.88. The fourth-order valence-corrected chi connectivity index (χ4v) is 4.06. The molecule has 0 saturated carbocycles. The van der Waals surface area contributed by atoms with E-state index in [1.807, 2.05) is 30.3 Å². The molecule has 1 saturated heterocycles. The Hall–Kier alpha value is -1.94. The molecule has 2 aromatic rings. The van der Waals surface area contributed by atoms with E-state index in [1.165, 1.54) is 0 Å². The van der Waals surface area contributed by atoms with Crippen molar-refractivity contribution in [3.8, 4) is 0 Å². The summed E-state index contributed by atoms with van der Waals surface area (Å²) in [6.07, 6.45) is -4.84. The molecule has 3 rings (SSSR count). The number of ether oxygens (including phenoxy) is 1. The van der Waals surface area contributed by atoms with Gasteiger partial charge in [-0.1, -0.05) is 30.3 Å². The number of nitrogens with one attached hydrogen (secondary N) is 1. The van der Waals surface area contributed by atoms with E-state index in [-0.39, 0.29) is 17.5 Å². The molecule has 2 aromatic carbocycles. The highest BCUT2D eigenvalue weighted by Crippen LogP contribution is 2.29. The third-order valence-electron chi connectivity index (χ3n) is 4.46. The van der Waals surface area contributed by atoms with Crippen LogP contribution in [-0.4, -0.2) is 45.7 Å². The number of rotatable bonds is 6. The van der Waals surface area contributed by atoms with Gasteiger partial charge in [-0.05, 0) is 29.8 Å². The van der Waals surface area contributed by atoms with E-state index in [2.05, 4.69) is 9.62 Å². The lowest BCUT2D eigenvalue weighted by Gasteiger charge is -2.33. The van der Waals surface area contributed by atoms with Crippen LogP contribution in [0.2, 0.25) is 0 Å². The van der Waals surface area contributed by atoms with Gasteiger partial charge < -0.3 is 4.74 Å². The molecule has 28 heavy (non-hydrogen) atoms. The van der Waals surface area contributed by atoms with E-state index in [0.29, 0.717) is 13.2 Å². The summed E-state index contributed by atoms with van der Waals surface area (Å²) in [4.78, 5) is 1.97. The van der Waals surface area contributed by atoms with E-state index in [4.69, 9.17) is 4.74 Å². The minimum atomic E-state index is -4.51. The Labute approximate surface area is 162 Å². The van der Waals surface area contributed by atoms with Gasteiger partial charge in [0.15, 0.2) is 0 Å². The lowest BCUT2D eigenvalue weighted by molar-refractivity contribution is -0.137. The third kappa shape index (κ3) is 5.54. The average Bonchev–Trinajstić information content (AvgIpc) is 2.67. The van der Waals surface area contributed by atoms with Gasteiger partial charge in [0.25, 0.3) is 0 Å². The highest BCUT2D eigenvalue weighted by molar-refractivity contribution is 7.89. The first kappa shape index (κ1) is 20.8. The minimum Gasteiger partial charge on any atom is -0.374 e. The summed E-state index contributed by atoms with van der Waals surface area (Å²) in [5.74, 6) is 0. The first-order chi connectivity index (χ1) is 13.2. The first-order valence-corrected chi connectivity index (χ1v) is 10.3. The maximum atomic E-state index is 12.6. The molecule has 1 aliphatic heterocycles. The van der Waals surface area contributed by atoms with Gasteiger partial charge >= 0.3 is 6.18 Å². The molecular formula is C19H21F3N2O3S. The highest BCUT2D eigenvalue weighted by atomic mass is 32.2. The normalized spacial score (nSPS) is 18.9. The van der Waals surface area contributed by atoms with Crippen LogP contribution in [0.5, 0.6) is 0 Å². The number of morpholine rings is 1. The van der Waals surface area contributed by atoms with Crippen LogP contribution < -0.4 is 4.72 Å². The number of alkyl halides is 3. The lowest BCUT2D eigenvalue weighted by atomic mass is 10.2. The van der Waals surface area contributed by atoms with Crippen molar-refractivity contribution in [1.29, 1.82) is 0 Å². The Morgan fingerprint density at radius 3 is 2.39 bits per heavy atom. The molecule has 1 unspecified atom stereocenters. The van der Waals surface area contributed by atoms with Crippen molar-refractivity contribution in [2.75, 3.05) is 26.2 Å². The minimum absolute atomic E-state index is 0.0502. The molecule has 0 amide bonds. The SMILES string of the molecule is O=S(=O)(NCC1CN(Cc2ccccc2)CCO1)c1ccc(C(F)(F)F)cc1. The average molecular weight is 414 g/mol. The molecule has 1 fully saturated rings. The van der Waals surface area contributed by atoms with Crippen molar-refractivity contribution in [1.82, 2.24) is 9.62 Å². The number of nitrogens with zero attached hydrogens (tertiary/aromatic N) is 1. The Balaban J connectivity index is 1.56. The molecule has 5 nitrogen and oxygen atoms in total. The molecule has 1 aliphatic rings. The van der Waals surface area contributed by atoms with Gasteiger partial charge in [-0.2, -0.15) is 13.2 Å². The second-order valence-corrected chi connectivity index (χ2v) is 8.35. The molecule has 0 bridgehead atoms. The second-order valence-electron chi connectivity index (χ2n) is 6.59. The number of hydrogen-bond acceptors (Lipinski definition) is 4. The van der Waals surface area contributed by atoms with Crippen molar-refractivity contribution in [2.45, 2.75) is 23.7 Å². The van der Waals surface area contributed by atoms with Gasteiger partial charge in [-0.3, -0.25) is 4.90 Å². The Morgan fingerprint density at radius 2 is 1.75 bits per heavy atom. The van der Waals surface area contributed by atoms with Crippen LogP contribution in [-0.2, 0) is 27.5 Å². The van der Waals surface area contributed by atoms with Crippen molar-refractivity contribution in [2.24, 2.45) is 0 Å². The summed E-state index contributed by atoms with van der Waals surface area (Å²) in [6, 6.07) is 13.3. The Morgan fingerprint density at radius 1 is 1.07 bits per heavy atom. The van der Waals surface area contributed by atoms with E-state index >= 15 is 0 Å². The van der Waals surface area contributed by atoms with Crippen LogP contribution in [0.15, 0.2) is 59.5 Å². The van der Waals surface area contributed by atoms with Crippen LogP contribution in [0, 0.1) is 0 Å². The van der Waals surface area contributed by atoms with Crippen molar-refractivity contribution >= 4 is 10.0 Å². The zero-order valence-corrected chi connectivity index (χ0v) is 15.8. The molecule has 1 atom stereocenters. The maximum Gasteiger partial charge on any atom is 0.416 e. The molecule has 1 heterocycles. The maximum absolute atomic E-state index is 12.6. The van der Waals surface area contributed by atoms with Gasteiger partial charge in [0, 0.05) is 26.2 Å². The quantitative estimate of drug-likeness (QED) is 0.790. The van der Waals surface area contributed by atoms with Crippen molar-refractivity contribution in [3.05, 3.63) is 65.7 Å². The molecule has 0 aliphatic carbocycles. The summed E-state index contributed by atoms with van der Waals surface area (Å²) in [5, 5.41) is 0. The number of sulfonamides is 1. The third-order valence-corrected chi connectivity index (χ3v) is 5.90. The molecule has 152 valence electrons. The molecule has 0 radical (unpaired) electrons. The molecular weight excluding hydrogens is 393 g/mol. The van der Waals surface area contributed by atoms with Crippen LogP contribution in [0.1, 0.15) is 11.1 Å². The van der Waals surface area contributed by atoms with Crippen LogP contribution in [0.25, 0.3) is 0 Å².